The summed E-state index contributed by atoms with van der Waals surface area (Å²) in [5.41, 5.74) is 2.36. The number of nitrogens with zero attached hydrogens (tertiary/aromatic N) is 2. The molecule has 3 heterocycles. The molecule has 0 saturated heterocycles. The second kappa shape index (κ2) is 8.36. The molecular formula is C23H21N3O3S2. The van der Waals surface area contributed by atoms with Gasteiger partial charge >= 0.3 is 0 Å². The van der Waals surface area contributed by atoms with E-state index in [0.717, 1.165) is 47.2 Å². The fraction of sp³-hybridized carbons (Fsp3) is 0.261. The number of rotatable bonds is 6. The summed E-state index contributed by atoms with van der Waals surface area (Å²) >= 11 is 2.91. The molecule has 3 aromatic heterocycles. The summed E-state index contributed by atoms with van der Waals surface area (Å²) in [6.07, 6.45) is 5.91. The average molecular weight is 452 g/mol. The number of aromatic nitrogens is 3. The van der Waals surface area contributed by atoms with Gasteiger partial charge in [-0.05, 0) is 67.6 Å². The van der Waals surface area contributed by atoms with Crippen LogP contribution in [0.5, 0.6) is 5.75 Å². The van der Waals surface area contributed by atoms with Crippen LogP contribution in [0.2, 0.25) is 0 Å². The summed E-state index contributed by atoms with van der Waals surface area (Å²) in [5, 5.41) is 1.26. The Morgan fingerprint density at radius 2 is 2.03 bits per heavy atom. The summed E-state index contributed by atoms with van der Waals surface area (Å²) in [4.78, 5) is 36.1. The molecule has 0 saturated carbocycles. The van der Waals surface area contributed by atoms with Crippen molar-refractivity contribution in [1.82, 2.24) is 14.5 Å². The van der Waals surface area contributed by atoms with Gasteiger partial charge in [-0.2, -0.15) is 0 Å². The zero-order valence-corrected chi connectivity index (χ0v) is 18.6. The molecule has 1 N–H and O–H groups in total. The van der Waals surface area contributed by atoms with Crippen molar-refractivity contribution in [2.45, 2.75) is 30.8 Å². The molecule has 0 bridgehead atoms. The molecule has 6 nitrogen and oxygen atoms in total. The molecule has 5 rings (SSSR count). The molecule has 0 unspecified atom stereocenters. The lowest BCUT2D eigenvalue weighted by atomic mass is 9.97. The van der Waals surface area contributed by atoms with Crippen LogP contribution in [0.3, 0.4) is 0 Å². The molecule has 4 aromatic rings. The van der Waals surface area contributed by atoms with Crippen LogP contribution in [0, 0.1) is 0 Å². The summed E-state index contributed by atoms with van der Waals surface area (Å²) in [6.45, 7) is 0. The van der Waals surface area contributed by atoms with Crippen LogP contribution in [0.25, 0.3) is 15.9 Å². The van der Waals surface area contributed by atoms with Gasteiger partial charge < -0.3 is 9.72 Å². The van der Waals surface area contributed by atoms with Crippen LogP contribution in [0.1, 0.15) is 33.8 Å². The molecule has 158 valence electrons. The monoisotopic (exact) mass is 451 g/mol. The van der Waals surface area contributed by atoms with E-state index in [0.29, 0.717) is 16.5 Å². The van der Waals surface area contributed by atoms with E-state index in [1.807, 2.05) is 24.3 Å². The smallest absolute Gasteiger partial charge is 0.267 e. The van der Waals surface area contributed by atoms with E-state index in [-0.39, 0.29) is 17.1 Å². The van der Waals surface area contributed by atoms with Crippen molar-refractivity contribution in [1.29, 1.82) is 0 Å². The van der Waals surface area contributed by atoms with Crippen molar-refractivity contribution in [2.24, 2.45) is 0 Å². The van der Waals surface area contributed by atoms with E-state index >= 15 is 0 Å². The number of H-pyrrole nitrogens is 1. The topological polar surface area (TPSA) is 77.0 Å². The lowest BCUT2D eigenvalue weighted by Gasteiger charge is -2.14. The van der Waals surface area contributed by atoms with Crippen LogP contribution in [-0.2, 0) is 12.8 Å². The van der Waals surface area contributed by atoms with Gasteiger partial charge in [0.05, 0.1) is 29.6 Å². The van der Waals surface area contributed by atoms with E-state index in [4.69, 9.17) is 9.72 Å². The Morgan fingerprint density at radius 1 is 1.23 bits per heavy atom. The number of carbonyl (C=O) groups excluding carboxylic acids is 1. The second-order valence-electron chi connectivity index (χ2n) is 7.42. The van der Waals surface area contributed by atoms with Gasteiger partial charge in [-0.3, -0.25) is 14.2 Å². The number of ether oxygens (including phenoxy) is 1. The number of Topliss-reactive ketones (excluding diaryl/α,β-unsaturated/α-hetero) is 1. The van der Waals surface area contributed by atoms with Crippen molar-refractivity contribution >= 4 is 39.1 Å². The number of thiophene rings is 1. The number of thioether (sulfide) groups is 1. The first-order valence-electron chi connectivity index (χ1n) is 10.2. The number of fused-ring (bicyclic) bond motifs is 3. The fourth-order valence-electron chi connectivity index (χ4n) is 3.95. The van der Waals surface area contributed by atoms with Gasteiger partial charge in [-0.25, -0.2) is 4.98 Å². The Hall–Kier alpha value is -2.84. The summed E-state index contributed by atoms with van der Waals surface area (Å²) in [6, 6.07) is 10.9. The van der Waals surface area contributed by atoms with Crippen molar-refractivity contribution in [3.05, 3.63) is 69.1 Å². The lowest BCUT2D eigenvalue weighted by Crippen LogP contribution is -2.22. The average Bonchev–Trinajstić information content (AvgIpc) is 3.46. The molecule has 1 aliphatic carbocycles. The predicted octanol–water partition coefficient (Wildman–Crippen LogP) is 4.64. The minimum atomic E-state index is -0.0654. The van der Waals surface area contributed by atoms with Gasteiger partial charge in [0.15, 0.2) is 10.9 Å². The Bertz CT molecular complexity index is 1300. The van der Waals surface area contributed by atoms with Crippen LogP contribution < -0.4 is 10.3 Å². The molecule has 0 amide bonds. The molecule has 0 aliphatic heterocycles. The maximum Gasteiger partial charge on any atom is 0.267 e. The van der Waals surface area contributed by atoms with Gasteiger partial charge in [0.25, 0.3) is 5.56 Å². The first kappa shape index (κ1) is 20.1. The highest BCUT2D eigenvalue weighted by molar-refractivity contribution is 7.99. The van der Waals surface area contributed by atoms with Crippen LogP contribution >= 0.6 is 23.1 Å². The number of benzene rings is 1. The number of hydrogen-bond acceptors (Lipinski definition) is 6. The third-order valence-electron chi connectivity index (χ3n) is 5.52. The van der Waals surface area contributed by atoms with Crippen molar-refractivity contribution in [2.75, 3.05) is 12.9 Å². The Labute approximate surface area is 187 Å². The lowest BCUT2D eigenvalue weighted by molar-refractivity contribution is 0.101. The van der Waals surface area contributed by atoms with Crippen molar-refractivity contribution in [3.63, 3.8) is 0 Å². The number of hydrogen-bond donors (Lipinski definition) is 1. The molecule has 8 heteroatoms. The largest absolute Gasteiger partial charge is 0.497 e. The quantitative estimate of drug-likeness (QED) is 0.263. The number of nitrogens with one attached hydrogen (secondary N) is 1. The van der Waals surface area contributed by atoms with Gasteiger partial charge in [-0.15, -0.1) is 11.3 Å². The number of aryl methyl sites for hydroxylation is 2. The van der Waals surface area contributed by atoms with E-state index in [1.165, 1.54) is 16.6 Å². The standard InChI is InChI=1S/C23H21N3O3S2/c1-29-15-10-8-14(9-11-15)26-22(28)20-16-5-2-3-7-19(16)31-21(20)25-23(26)30-13-18(27)17-6-4-12-24-17/h4,6,8-12,24H,2-3,5,7,13H2,1H3. The minimum Gasteiger partial charge on any atom is -0.497 e. The van der Waals surface area contributed by atoms with Crippen molar-refractivity contribution < 1.29 is 9.53 Å². The van der Waals surface area contributed by atoms with E-state index in [9.17, 15) is 9.59 Å². The van der Waals surface area contributed by atoms with Gasteiger partial charge in [-0.1, -0.05) is 11.8 Å². The Morgan fingerprint density at radius 3 is 2.77 bits per heavy atom. The molecule has 0 fully saturated rings. The second-order valence-corrected chi connectivity index (χ2v) is 9.45. The first-order valence-corrected chi connectivity index (χ1v) is 12.0. The van der Waals surface area contributed by atoms with Crippen LogP contribution in [0.4, 0.5) is 0 Å². The van der Waals surface area contributed by atoms with Gasteiger partial charge in [0.2, 0.25) is 0 Å². The SMILES string of the molecule is COc1ccc(-n2c(SCC(=O)c3ccc[nH]3)nc3sc4c(c3c2=O)CCCC4)cc1. The normalized spacial score (nSPS) is 13.3. The minimum absolute atomic E-state index is 0.0314. The van der Waals surface area contributed by atoms with Gasteiger partial charge in [0.1, 0.15) is 10.6 Å². The highest BCUT2D eigenvalue weighted by atomic mass is 32.2. The summed E-state index contributed by atoms with van der Waals surface area (Å²) in [5.74, 6) is 0.880. The van der Waals surface area contributed by atoms with Crippen LogP contribution in [0.15, 0.2) is 52.5 Å². The molecular weight excluding hydrogens is 430 g/mol. The highest BCUT2D eigenvalue weighted by Crippen LogP contribution is 2.35. The van der Waals surface area contributed by atoms with E-state index in [1.54, 1.807) is 41.3 Å². The van der Waals surface area contributed by atoms with E-state index < -0.39 is 0 Å². The molecule has 0 spiro atoms. The van der Waals surface area contributed by atoms with Crippen molar-refractivity contribution in [3.8, 4) is 11.4 Å². The molecule has 1 aromatic carbocycles. The molecule has 1 aliphatic rings. The zero-order valence-electron chi connectivity index (χ0n) is 17.0. The molecule has 31 heavy (non-hydrogen) atoms. The maximum atomic E-state index is 13.7. The molecule has 0 radical (unpaired) electrons. The number of aromatic amines is 1. The summed E-state index contributed by atoms with van der Waals surface area (Å²) < 4.78 is 6.90. The predicted molar refractivity (Wildman–Crippen MR) is 124 cm³/mol. The summed E-state index contributed by atoms with van der Waals surface area (Å²) in [7, 11) is 1.61. The van der Waals surface area contributed by atoms with Crippen LogP contribution in [-0.4, -0.2) is 33.2 Å². The first-order chi connectivity index (χ1) is 15.2. The Kier molecular flexibility index (Phi) is 5.41. The van der Waals surface area contributed by atoms with E-state index in [2.05, 4.69) is 4.98 Å². The third-order valence-corrected chi connectivity index (χ3v) is 7.64. The molecule has 0 atom stereocenters. The number of ketones is 1. The maximum absolute atomic E-state index is 13.7. The zero-order chi connectivity index (χ0) is 21.4. The highest BCUT2D eigenvalue weighted by Gasteiger charge is 2.23. The third kappa shape index (κ3) is 3.70. The number of methoxy groups -OCH3 is 1. The fourth-order valence-corrected chi connectivity index (χ4v) is 6.15. The number of carbonyl (C=O) groups is 1. The van der Waals surface area contributed by atoms with Gasteiger partial charge in [0, 0.05) is 11.1 Å². The Balaban J connectivity index is 1.63.